The van der Waals surface area contributed by atoms with Gasteiger partial charge in [0.05, 0.1) is 7.11 Å². The smallest absolute Gasteiger partial charge is 0.331 e. The van der Waals surface area contributed by atoms with Crippen molar-refractivity contribution in [1.82, 2.24) is 0 Å². The molecule has 0 unspecified atom stereocenters. The second kappa shape index (κ2) is 4.17. The van der Waals surface area contributed by atoms with Crippen molar-refractivity contribution < 1.29 is 14.3 Å². The molecule has 0 saturated heterocycles. The third-order valence-electron chi connectivity index (χ3n) is 2.29. The van der Waals surface area contributed by atoms with E-state index in [-0.39, 0.29) is 5.97 Å². The molecule has 15 heavy (non-hydrogen) atoms. The Hall–Kier alpha value is -1.77. The standard InChI is InChI=1S/C12H12O3/c1-14-11-4-2-3-9(6-11)5-10-7-12(13)15-8-10/h2-4,6-7H,5,8H2,1H3. The number of esters is 1. The lowest BCUT2D eigenvalue weighted by molar-refractivity contribution is -0.134. The monoisotopic (exact) mass is 204 g/mol. The van der Waals surface area contributed by atoms with E-state index >= 15 is 0 Å². The number of hydrogen-bond donors (Lipinski definition) is 0. The molecular formula is C12H12O3. The predicted molar refractivity (Wildman–Crippen MR) is 55.7 cm³/mol. The van der Waals surface area contributed by atoms with Crippen LogP contribution < -0.4 is 4.74 Å². The van der Waals surface area contributed by atoms with Gasteiger partial charge in [-0.3, -0.25) is 0 Å². The highest BCUT2D eigenvalue weighted by Crippen LogP contribution is 2.17. The minimum atomic E-state index is -0.243. The highest BCUT2D eigenvalue weighted by atomic mass is 16.5. The summed E-state index contributed by atoms with van der Waals surface area (Å²) < 4.78 is 9.95. The van der Waals surface area contributed by atoms with Crippen molar-refractivity contribution >= 4 is 5.97 Å². The molecule has 3 nitrogen and oxygen atoms in total. The van der Waals surface area contributed by atoms with E-state index in [1.54, 1.807) is 13.2 Å². The average Bonchev–Trinajstić information content (AvgIpc) is 2.64. The average molecular weight is 204 g/mol. The molecule has 1 aromatic rings. The molecule has 0 spiro atoms. The van der Waals surface area contributed by atoms with Crippen LogP contribution in [0.5, 0.6) is 5.75 Å². The first kappa shape index (κ1) is 9.77. The molecule has 0 N–H and O–H groups in total. The third-order valence-corrected chi connectivity index (χ3v) is 2.29. The van der Waals surface area contributed by atoms with Crippen LogP contribution in [0.1, 0.15) is 5.56 Å². The highest BCUT2D eigenvalue weighted by Gasteiger charge is 2.12. The first-order chi connectivity index (χ1) is 7.28. The largest absolute Gasteiger partial charge is 0.497 e. The van der Waals surface area contributed by atoms with Crippen LogP contribution in [0.15, 0.2) is 35.9 Å². The first-order valence-electron chi connectivity index (χ1n) is 4.77. The molecule has 0 aromatic heterocycles. The molecule has 0 fully saturated rings. The molecular weight excluding hydrogens is 192 g/mol. The van der Waals surface area contributed by atoms with Crippen molar-refractivity contribution in [2.75, 3.05) is 13.7 Å². The van der Waals surface area contributed by atoms with E-state index < -0.39 is 0 Å². The van der Waals surface area contributed by atoms with Gasteiger partial charge in [0, 0.05) is 6.08 Å². The van der Waals surface area contributed by atoms with Gasteiger partial charge in [-0.2, -0.15) is 0 Å². The van der Waals surface area contributed by atoms with Gasteiger partial charge in [0.25, 0.3) is 0 Å². The summed E-state index contributed by atoms with van der Waals surface area (Å²) >= 11 is 0. The fourth-order valence-electron chi connectivity index (χ4n) is 1.56. The van der Waals surface area contributed by atoms with E-state index in [0.29, 0.717) is 6.61 Å². The molecule has 0 atom stereocenters. The van der Waals surface area contributed by atoms with Crippen LogP contribution in [0, 0.1) is 0 Å². The number of methoxy groups -OCH3 is 1. The molecule has 1 heterocycles. The molecule has 1 aliphatic rings. The van der Waals surface area contributed by atoms with E-state index in [2.05, 4.69) is 0 Å². The van der Waals surface area contributed by atoms with Crippen molar-refractivity contribution in [1.29, 1.82) is 0 Å². The SMILES string of the molecule is COc1cccc(CC2=CC(=O)OC2)c1. The number of rotatable bonds is 3. The van der Waals surface area contributed by atoms with Crippen LogP contribution in [-0.2, 0) is 16.0 Å². The number of carbonyl (C=O) groups excluding carboxylic acids is 1. The lowest BCUT2D eigenvalue weighted by Crippen LogP contribution is -1.94. The summed E-state index contributed by atoms with van der Waals surface area (Å²) in [6.45, 7) is 0.413. The van der Waals surface area contributed by atoms with Crippen LogP contribution in [0.25, 0.3) is 0 Å². The van der Waals surface area contributed by atoms with Gasteiger partial charge in [-0.1, -0.05) is 12.1 Å². The lowest BCUT2D eigenvalue weighted by Gasteiger charge is -2.04. The Morgan fingerprint density at radius 2 is 2.33 bits per heavy atom. The summed E-state index contributed by atoms with van der Waals surface area (Å²) in [7, 11) is 1.64. The van der Waals surface area contributed by atoms with Crippen molar-refractivity contribution in [3.05, 3.63) is 41.5 Å². The molecule has 0 saturated carbocycles. The first-order valence-corrected chi connectivity index (χ1v) is 4.77. The van der Waals surface area contributed by atoms with Gasteiger partial charge in [-0.25, -0.2) is 4.79 Å². The van der Waals surface area contributed by atoms with Crippen molar-refractivity contribution in [2.45, 2.75) is 6.42 Å². The molecule has 0 radical (unpaired) electrons. The van der Waals surface area contributed by atoms with Crippen LogP contribution in [0.4, 0.5) is 0 Å². The number of ether oxygens (including phenoxy) is 2. The quantitative estimate of drug-likeness (QED) is 0.703. The number of benzene rings is 1. The minimum absolute atomic E-state index is 0.243. The Balaban J connectivity index is 2.10. The maximum absolute atomic E-state index is 10.8. The van der Waals surface area contributed by atoms with E-state index in [1.165, 1.54) is 0 Å². The predicted octanol–water partition coefficient (Wildman–Crippen LogP) is 1.72. The second-order valence-corrected chi connectivity index (χ2v) is 3.44. The lowest BCUT2D eigenvalue weighted by atomic mass is 10.1. The second-order valence-electron chi connectivity index (χ2n) is 3.44. The van der Waals surface area contributed by atoms with Gasteiger partial charge in [0.1, 0.15) is 12.4 Å². The summed E-state index contributed by atoms with van der Waals surface area (Å²) in [5.41, 5.74) is 2.13. The van der Waals surface area contributed by atoms with Crippen molar-refractivity contribution in [3.63, 3.8) is 0 Å². The molecule has 2 rings (SSSR count). The van der Waals surface area contributed by atoms with Crippen LogP contribution in [-0.4, -0.2) is 19.7 Å². The Bertz CT molecular complexity index is 407. The third kappa shape index (κ3) is 2.37. The molecule has 1 aromatic carbocycles. The number of cyclic esters (lactones) is 1. The van der Waals surface area contributed by atoms with E-state index in [9.17, 15) is 4.79 Å². The molecule has 0 bridgehead atoms. The fraction of sp³-hybridized carbons (Fsp3) is 0.250. The minimum Gasteiger partial charge on any atom is -0.497 e. The number of hydrogen-bond acceptors (Lipinski definition) is 3. The van der Waals surface area contributed by atoms with E-state index in [4.69, 9.17) is 9.47 Å². The molecule has 0 aliphatic carbocycles. The summed E-state index contributed by atoms with van der Waals surface area (Å²) in [6, 6.07) is 7.80. The summed E-state index contributed by atoms with van der Waals surface area (Å²) in [5, 5.41) is 0. The summed E-state index contributed by atoms with van der Waals surface area (Å²) in [4.78, 5) is 10.8. The van der Waals surface area contributed by atoms with Gasteiger partial charge < -0.3 is 9.47 Å². The van der Waals surface area contributed by atoms with Crippen LogP contribution >= 0.6 is 0 Å². The topological polar surface area (TPSA) is 35.5 Å². The fourth-order valence-corrected chi connectivity index (χ4v) is 1.56. The van der Waals surface area contributed by atoms with Gasteiger partial charge in [0.15, 0.2) is 0 Å². The molecule has 1 aliphatic heterocycles. The van der Waals surface area contributed by atoms with Crippen molar-refractivity contribution in [3.8, 4) is 5.75 Å². The highest BCUT2D eigenvalue weighted by molar-refractivity contribution is 5.85. The Kier molecular flexibility index (Phi) is 2.72. The zero-order valence-electron chi connectivity index (χ0n) is 8.53. The maximum Gasteiger partial charge on any atom is 0.331 e. The maximum atomic E-state index is 10.8. The van der Waals surface area contributed by atoms with Crippen LogP contribution in [0.2, 0.25) is 0 Å². The van der Waals surface area contributed by atoms with Gasteiger partial charge in [-0.05, 0) is 29.7 Å². The van der Waals surface area contributed by atoms with E-state index in [1.807, 2.05) is 24.3 Å². The Morgan fingerprint density at radius 3 is 3.00 bits per heavy atom. The molecule has 78 valence electrons. The zero-order chi connectivity index (χ0) is 10.7. The van der Waals surface area contributed by atoms with Crippen molar-refractivity contribution in [2.24, 2.45) is 0 Å². The summed E-state index contributed by atoms with van der Waals surface area (Å²) in [6.07, 6.45) is 2.29. The normalized spacial score (nSPS) is 14.7. The van der Waals surface area contributed by atoms with Gasteiger partial charge in [-0.15, -0.1) is 0 Å². The Morgan fingerprint density at radius 1 is 1.47 bits per heavy atom. The van der Waals surface area contributed by atoms with E-state index in [0.717, 1.165) is 23.3 Å². The van der Waals surface area contributed by atoms with Gasteiger partial charge in [0.2, 0.25) is 0 Å². The number of carbonyl (C=O) groups is 1. The summed E-state index contributed by atoms with van der Waals surface area (Å²) in [5.74, 6) is 0.589. The van der Waals surface area contributed by atoms with Gasteiger partial charge >= 0.3 is 5.97 Å². The zero-order valence-corrected chi connectivity index (χ0v) is 8.53. The Labute approximate surface area is 88.3 Å². The molecule has 0 amide bonds. The van der Waals surface area contributed by atoms with Crippen LogP contribution in [0.3, 0.4) is 0 Å². The molecule has 3 heteroatoms.